The van der Waals surface area contributed by atoms with E-state index < -0.39 is 0 Å². The van der Waals surface area contributed by atoms with Crippen molar-refractivity contribution in [2.45, 2.75) is 20.0 Å². The van der Waals surface area contributed by atoms with Gasteiger partial charge in [-0.3, -0.25) is 4.79 Å². The van der Waals surface area contributed by atoms with Crippen molar-refractivity contribution in [1.82, 2.24) is 9.88 Å². The minimum Gasteiger partial charge on any atom is -0.487 e. The van der Waals surface area contributed by atoms with Gasteiger partial charge in [0.1, 0.15) is 12.4 Å². The molecule has 0 bridgehead atoms. The lowest BCUT2D eigenvalue weighted by atomic mass is 10.1. The van der Waals surface area contributed by atoms with Crippen LogP contribution in [-0.2, 0) is 13.0 Å². The van der Waals surface area contributed by atoms with Gasteiger partial charge in [-0.25, -0.2) is 4.98 Å². The number of ether oxygens (including phenoxy) is 1. The number of carbonyl (C=O) groups is 1. The number of amides is 1. The molecule has 140 valence electrons. The number of aryl methyl sites for hydroxylation is 1. The molecule has 0 fully saturated rings. The van der Waals surface area contributed by atoms with Crippen molar-refractivity contribution in [3.8, 4) is 5.75 Å². The predicted molar refractivity (Wildman–Crippen MR) is 110 cm³/mol. The summed E-state index contributed by atoms with van der Waals surface area (Å²) in [5.74, 6) is 0.661. The van der Waals surface area contributed by atoms with Crippen LogP contribution >= 0.6 is 22.9 Å². The van der Waals surface area contributed by atoms with Crippen LogP contribution in [0, 0.1) is 6.92 Å². The summed E-state index contributed by atoms with van der Waals surface area (Å²) in [6.07, 6.45) is 0.772. The van der Waals surface area contributed by atoms with E-state index >= 15 is 0 Å². The molecule has 0 N–H and O–H groups in total. The number of hydrogen-bond donors (Lipinski definition) is 0. The molecule has 1 aromatic heterocycles. The number of benzene rings is 2. The molecule has 0 spiro atoms. The van der Waals surface area contributed by atoms with Gasteiger partial charge in [0.25, 0.3) is 5.91 Å². The highest BCUT2D eigenvalue weighted by Gasteiger charge is 2.11. The predicted octanol–water partition coefficient (Wildman–Crippen LogP) is 4.98. The van der Waals surface area contributed by atoms with Crippen LogP contribution in [0.1, 0.15) is 32.2 Å². The summed E-state index contributed by atoms with van der Waals surface area (Å²) in [7, 11) is 3.47. The monoisotopic (exact) mass is 400 g/mol. The van der Waals surface area contributed by atoms with Gasteiger partial charge in [-0.2, -0.15) is 0 Å². The van der Waals surface area contributed by atoms with E-state index in [0.717, 1.165) is 27.7 Å². The largest absolute Gasteiger partial charge is 0.487 e. The first-order valence-electron chi connectivity index (χ1n) is 8.55. The zero-order valence-corrected chi connectivity index (χ0v) is 17.1. The Balaban J connectivity index is 1.65. The molecule has 0 aliphatic carbocycles. The van der Waals surface area contributed by atoms with Crippen LogP contribution < -0.4 is 4.74 Å². The SMILES string of the molecule is Cc1ccc(C(=O)N(C)C)cc1OCc1csc(Cc2ccc(Cl)cc2)n1. The van der Waals surface area contributed by atoms with E-state index in [9.17, 15) is 4.79 Å². The number of hydrogen-bond acceptors (Lipinski definition) is 4. The first-order chi connectivity index (χ1) is 12.9. The Bertz CT molecular complexity index is 936. The second-order valence-corrected chi connectivity index (χ2v) is 7.88. The third kappa shape index (κ3) is 5.08. The first-order valence-corrected chi connectivity index (χ1v) is 9.81. The Kier molecular flexibility index (Phi) is 6.14. The third-order valence-corrected chi connectivity index (χ3v) is 5.23. The van der Waals surface area contributed by atoms with Gasteiger partial charge in [-0.05, 0) is 42.3 Å². The van der Waals surface area contributed by atoms with Crippen molar-refractivity contribution < 1.29 is 9.53 Å². The van der Waals surface area contributed by atoms with Crippen molar-refractivity contribution in [2.75, 3.05) is 14.1 Å². The Morgan fingerprint density at radius 3 is 2.63 bits per heavy atom. The maximum absolute atomic E-state index is 12.1. The molecule has 0 aliphatic rings. The van der Waals surface area contributed by atoms with Gasteiger partial charge in [-0.1, -0.05) is 29.8 Å². The summed E-state index contributed by atoms with van der Waals surface area (Å²) in [4.78, 5) is 18.3. The Morgan fingerprint density at radius 1 is 1.19 bits per heavy atom. The fourth-order valence-electron chi connectivity index (χ4n) is 2.57. The zero-order valence-electron chi connectivity index (χ0n) is 15.5. The van der Waals surface area contributed by atoms with E-state index in [0.29, 0.717) is 17.9 Å². The van der Waals surface area contributed by atoms with Crippen molar-refractivity contribution in [3.63, 3.8) is 0 Å². The minimum absolute atomic E-state index is 0.0428. The summed E-state index contributed by atoms with van der Waals surface area (Å²) in [5.41, 5.74) is 3.66. The van der Waals surface area contributed by atoms with Crippen molar-refractivity contribution >= 4 is 28.8 Å². The van der Waals surface area contributed by atoms with E-state index in [4.69, 9.17) is 16.3 Å². The van der Waals surface area contributed by atoms with Gasteiger partial charge < -0.3 is 9.64 Å². The molecule has 0 unspecified atom stereocenters. The number of halogens is 1. The summed E-state index contributed by atoms with van der Waals surface area (Å²) < 4.78 is 5.93. The Morgan fingerprint density at radius 2 is 1.93 bits per heavy atom. The van der Waals surface area contributed by atoms with Crippen LogP contribution in [0.3, 0.4) is 0 Å². The topological polar surface area (TPSA) is 42.4 Å². The summed E-state index contributed by atoms with van der Waals surface area (Å²) >= 11 is 7.54. The van der Waals surface area contributed by atoms with Crippen LogP contribution in [-0.4, -0.2) is 29.9 Å². The lowest BCUT2D eigenvalue weighted by Crippen LogP contribution is -2.21. The maximum atomic E-state index is 12.1. The van der Waals surface area contributed by atoms with Crippen molar-refractivity contribution in [2.24, 2.45) is 0 Å². The van der Waals surface area contributed by atoms with Crippen LogP contribution in [0.2, 0.25) is 5.02 Å². The maximum Gasteiger partial charge on any atom is 0.253 e. The molecule has 1 amide bonds. The molecule has 0 aliphatic heterocycles. The van der Waals surface area contributed by atoms with Gasteiger partial charge in [0, 0.05) is 36.5 Å². The number of nitrogens with zero attached hydrogens (tertiary/aromatic N) is 2. The number of aromatic nitrogens is 1. The van der Waals surface area contributed by atoms with Crippen LogP contribution in [0.15, 0.2) is 47.8 Å². The highest BCUT2D eigenvalue weighted by molar-refractivity contribution is 7.09. The molecule has 3 aromatic rings. The Hall–Kier alpha value is -2.37. The van der Waals surface area contributed by atoms with E-state index in [1.165, 1.54) is 5.56 Å². The molecule has 0 saturated heterocycles. The molecular formula is C21H21ClN2O2S. The molecule has 1 heterocycles. The first kappa shape index (κ1) is 19.4. The average molecular weight is 401 g/mol. The summed E-state index contributed by atoms with van der Waals surface area (Å²) in [5, 5.41) is 3.77. The molecule has 0 radical (unpaired) electrons. The Labute approximate surface area is 168 Å². The standard InChI is InChI=1S/C21H21ClN2O2S/c1-14-4-7-16(21(25)24(2)3)11-19(14)26-12-18-13-27-20(23-18)10-15-5-8-17(22)9-6-15/h4-9,11,13H,10,12H2,1-3H3. The molecule has 4 nitrogen and oxygen atoms in total. The lowest BCUT2D eigenvalue weighted by molar-refractivity contribution is 0.0827. The van der Waals surface area contributed by atoms with Gasteiger partial charge in [0.15, 0.2) is 0 Å². The summed E-state index contributed by atoms with van der Waals surface area (Å²) in [6.45, 7) is 2.34. The van der Waals surface area contributed by atoms with Crippen LogP contribution in [0.4, 0.5) is 0 Å². The third-order valence-electron chi connectivity index (χ3n) is 4.08. The molecule has 6 heteroatoms. The van der Waals surface area contributed by atoms with Crippen molar-refractivity contribution in [1.29, 1.82) is 0 Å². The van der Waals surface area contributed by atoms with Gasteiger partial charge in [0.2, 0.25) is 0 Å². The van der Waals surface area contributed by atoms with Crippen molar-refractivity contribution in [3.05, 3.63) is 80.3 Å². The molecule has 0 atom stereocenters. The van der Waals surface area contributed by atoms with E-state index in [-0.39, 0.29) is 5.91 Å². The lowest BCUT2D eigenvalue weighted by Gasteiger charge is -2.13. The number of rotatable bonds is 6. The summed E-state index contributed by atoms with van der Waals surface area (Å²) in [6, 6.07) is 13.3. The second kappa shape index (κ2) is 8.55. The van der Waals surface area contributed by atoms with Crippen LogP contribution in [0.25, 0.3) is 0 Å². The fraction of sp³-hybridized carbons (Fsp3) is 0.238. The van der Waals surface area contributed by atoms with E-state index in [1.807, 2.05) is 48.7 Å². The number of carbonyl (C=O) groups excluding carboxylic acids is 1. The molecule has 0 saturated carbocycles. The number of thiazole rings is 1. The molecule has 3 rings (SSSR count). The van der Waals surface area contributed by atoms with Gasteiger partial charge in [-0.15, -0.1) is 11.3 Å². The van der Waals surface area contributed by atoms with E-state index in [1.54, 1.807) is 36.4 Å². The highest BCUT2D eigenvalue weighted by atomic mass is 35.5. The fourth-order valence-corrected chi connectivity index (χ4v) is 3.51. The van der Waals surface area contributed by atoms with E-state index in [2.05, 4.69) is 4.98 Å². The smallest absolute Gasteiger partial charge is 0.253 e. The second-order valence-electron chi connectivity index (χ2n) is 6.50. The molecular weight excluding hydrogens is 380 g/mol. The molecule has 2 aromatic carbocycles. The van der Waals surface area contributed by atoms with Gasteiger partial charge >= 0.3 is 0 Å². The van der Waals surface area contributed by atoms with Crippen LogP contribution in [0.5, 0.6) is 5.75 Å². The highest BCUT2D eigenvalue weighted by Crippen LogP contribution is 2.23. The normalized spacial score (nSPS) is 10.7. The van der Waals surface area contributed by atoms with Gasteiger partial charge in [0.05, 0.1) is 10.7 Å². The zero-order chi connectivity index (χ0) is 19.4. The minimum atomic E-state index is -0.0428. The quantitative estimate of drug-likeness (QED) is 0.586. The average Bonchev–Trinajstić information content (AvgIpc) is 3.09. The molecule has 27 heavy (non-hydrogen) atoms.